The van der Waals surface area contributed by atoms with E-state index >= 15 is 0 Å². The van der Waals surface area contributed by atoms with Crippen molar-refractivity contribution in [2.45, 2.75) is 0 Å². The van der Waals surface area contributed by atoms with Gasteiger partial charge in [-0.25, -0.2) is 4.79 Å². The number of benzene rings is 1. The van der Waals surface area contributed by atoms with Crippen LogP contribution in [0.3, 0.4) is 0 Å². The zero-order valence-electron chi connectivity index (χ0n) is 8.51. The van der Waals surface area contributed by atoms with Crippen LogP contribution in [0.5, 0.6) is 0 Å². The molecule has 0 aliphatic rings. The van der Waals surface area contributed by atoms with Crippen LogP contribution in [-0.2, 0) is 11.8 Å². The highest BCUT2D eigenvalue weighted by Gasteiger charge is 2.14. The molecule has 0 aliphatic carbocycles. The molecule has 0 unspecified atom stereocenters. The molecular weight excluding hydrogens is 270 g/mol. The Balaban J connectivity index is 2.62. The van der Waals surface area contributed by atoms with Gasteiger partial charge in [0.15, 0.2) is 0 Å². The number of isocyanates is 1. The van der Waals surface area contributed by atoms with Crippen molar-refractivity contribution in [1.29, 1.82) is 0 Å². The zero-order chi connectivity index (χ0) is 11.5. The first-order chi connectivity index (χ1) is 7.74. The topological polar surface area (TPSA) is 47.2 Å². The Morgan fingerprint density at radius 2 is 2.06 bits per heavy atom. The van der Waals surface area contributed by atoms with Crippen molar-refractivity contribution in [2.75, 3.05) is 0 Å². The van der Waals surface area contributed by atoms with E-state index in [1.54, 1.807) is 11.7 Å². The van der Waals surface area contributed by atoms with Gasteiger partial charge in [-0.2, -0.15) is 5.10 Å². The number of hydrogen-bond acceptors (Lipinski definition) is 3. The van der Waals surface area contributed by atoms with Gasteiger partial charge in [0.05, 0.1) is 10.2 Å². The second kappa shape index (κ2) is 4.43. The lowest BCUT2D eigenvalue weighted by Crippen LogP contribution is -1.93. The van der Waals surface area contributed by atoms with E-state index in [4.69, 9.17) is 0 Å². The number of halogens is 1. The summed E-state index contributed by atoms with van der Waals surface area (Å²) in [6, 6.07) is 9.76. The molecule has 1 aromatic carbocycles. The summed E-state index contributed by atoms with van der Waals surface area (Å²) >= 11 is 3.38. The van der Waals surface area contributed by atoms with Gasteiger partial charge >= 0.3 is 0 Å². The number of nitrogens with zero attached hydrogens (tertiary/aromatic N) is 3. The molecule has 80 valence electrons. The fourth-order valence-corrected chi connectivity index (χ4v) is 2.16. The van der Waals surface area contributed by atoms with Gasteiger partial charge in [0.2, 0.25) is 11.9 Å². The molecule has 0 N–H and O–H groups in total. The first kappa shape index (κ1) is 10.8. The Bertz CT molecular complexity index is 556. The van der Waals surface area contributed by atoms with E-state index in [1.165, 1.54) is 6.08 Å². The van der Waals surface area contributed by atoms with Crippen LogP contribution >= 0.6 is 15.9 Å². The quantitative estimate of drug-likeness (QED) is 0.626. The van der Waals surface area contributed by atoms with Gasteiger partial charge in [-0.15, -0.1) is 4.99 Å². The maximum atomic E-state index is 10.2. The van der Waals surface area contributed by atoms with Crippen molar-refractivity contribution in [2.24, 2.45) is 12.0 Å². The molecule has 5 heteroatoms. The van der Waals surface area contributed by atoms with E-state index < -0.39 is 0 Å². The number of rotatable bonds is 2. The summed E-state index contributed by atoms with van der Waals surface area (Å²) in [5.41, 5.74) is 1.89. The predicted molar refractivity (Wildman–Crippen MR) is 64.1 cm³/mol. The molecule has 16 heavy (non-hydrogen) atoms. The summed E-state index contributed by atoms with van der Waals surface area (Å²) in [6.07, 6.45) is 1.49. The third-order valence-electron chi connectivity index (χ3n) is 2.17. The molecule has 4 nitrogen and oxygen atoms in total. The van der Waals surface area contributed by atoms with Crippen molar-refractivity contribution in [3.05, 3.63) is 34.8 Å². The highest BCUT2D eigenvalue weighted by Crippen LogP contribution is 2.34. The first-order valence-corrected chi connectivity index (χ1v) is 5.39. The van der Waals surface area contributed by atoms with E-state index in [0.717, 1.165) is 11.3 Å². The minimum Gasteiger partial charge on any atom is -0.265 e. The zero-order valence-corrected chi connectivity index (χ0v) is 10.1. The average molecular weight is 278 g/mol. The SMILES string of the molecule is Cn1nc(N=C=O)c(Br)c1-c1ccccc1. The molecule has 1 aromatic heterocycles. The van der Waals surface area contributed by atoms with Crippen LogP contribution < -0.4 is 0 Å². The molecule has 0 bridgehead atoms. The van der Waals surface area contributed by atoms with Crippen LogP contribution in [0.2, 0.25) is 0 Å². The molecule has 1 heterocycles. The van der Waals surface area contributed by atoms with Crippen LogP contribution in [0, 0.1) is 0 Å². The van der Waals surface area contributed by atoms with Crippen LogP contribution in [0.1, 0.15) is 0 Å². The average Bonchev–Trinajstić information content (AvgIpc) is 2.56. The summed E-state index contributed by atoms with van der Waals surface area (Å²) in [5, 5.41) is 4.12. The van der Waals surface area contributed by atoms with E-state index in [1.807, 2.05) is 30.3 Å². The molecule has 0 radical (unpaired) electrons. The summed E-state index contributed by atoms with van der Waals surface area (Å²) in [4.78, 5) is 13.8. The van der Waals surface area contributed by atoms with Crippen molar-refractivity contribution >= 4 is 27.8 Å². The fourth-order valence-electron chi connectivity index (χ4n) is 1.51. The number of carbonyl (C=O) groups excluding carboxylic acids is 1. The summed E-state index contributed by atoms with van der Waals surface area (Å²) < 4.78 is 2.37. The van der Waals surface area contributed by atoms with Gasteiger partial charge in [0.1, 0.15) is 0 Å². The smallest absolute Gasteiger partial charge is 0.242 e. The Morgan fingerprint density at radius 3 is 2.69 bits per heavy atom. The maximum Gasteiger partial charge on any atom is 0.242 e. The first-order valence-electron chi connectivity index (χ1n) is 4.60. The van der Waals surface area contributed by atoms with E-state index in [0.29, 0.717) is 10.3 Å². The van der Waals surface area contributed by atoms with Gasteiger partial charge in [-0.1, -0.05) is 30.3 Å². The molecule has 0 amide bonds. The van der Waals surface area contributed by atoms with Crippen molar-refractivity contribution in [3.63, 3.8) is 0 Å². The van der Waals surface area contributed by atoms with Crippen molar-refractivity contribution < 1.29 is 4.79 Å². The summed E-state index contributed by atoms with van der Waals surface area (Å²) in [7, 11) is 1.80. The number of aryl methyl sites for hydroxylation is 1. The second-order valence-corrected chi connectivity index (χ2v) is 3.97. The molecule has 0 saturated carbocycles. The normalized spacial score (nSPS) is 9.88. The van der Waals surface area contributed by atoms with Crippen LogP contribution in [0.15, 0.2) is 39.8 Å². The van der Waals surface area contributed by atoms with Crippen LogP contribution in [0.25, 0.3) is 11.3 Å². The molecule has 0 fully saturated rings. The maximum absolute atomic E-state index is 10.2. The lowest BCUT2D eigenvalue weighted by atomic mass is 10.1. The van der Waals surface area contributed by atoms with E-state index in [-0.39, 0.29) is 0 Å². The standard InChI is InChI=1S/C11H8BrN3O/c1-15-10(8-5-3-2-4-6-8)9(12)11(14-15)13-7-16/h2-6H,1H3. The largest absolute Gasteiger partial charge is 0.265 e. The third-order valence-corrected chi connectivity index (χ3v) is 2.90. The number of hydrogen-bond donors (Lipinski definition) is 0. The Morgan fingerprint density at radius 1 is 1.38 bits per heavy atom. The number of aromatic nitrogens is 2. The van der Waals surface area contributed by atoms with Crippen LogP contribution in [-0.4, -0.2) is 15.9 Å². The Hall–Kier alpha value is -1.71. The molecule has 0 atom stereocenters. The Kier molecular flexibility index (Phi) is 2.99. The lowest BCUT2D eigenvalue weighted by Gasteiger charge is -2.01. The summed E-state index contributed by atoms with van der Waals surface area (Å²) in [6.45, 7) is 0. The van der Waals surface area contributed by atoms with E-state index in [9.17, 15) is 4.79 Å². The molecule has 2 aromatic rings. The number of aliphatic imine (C=N–C) groups is 1. The van der Waals surface area contributed by atoms with Gasteiger partial charge in [-0.3, -0.25) is 4.68 Å². The van der Waals surface area contributed by atoms with Crippen molar-refractivity contribution in [1.82, 2.24) is 9.78 Å². The van der Waals surface area contributed by atoms with Crippen LogP contribution in [0.4, 0.5) is 5.82 Å². The summed E-state index contributed by atoms with van der Waals surface area (Å²) in [5.74, 6) is 0.344. The molecular formula is C11H8BrN3O. The highest BCUT2D eigenvalue weighted by molar-refractivity contribution is 9.10. The van der Waals surface area contributed by atoms with Crippen molar-refractivity contribution in [3.8, 4) is 11.3 Å². The molecule has 2 rings (SSSR count). The molecule has 0 saturated heterocycles. The fraction of sp³-hybridized carbons (Fsp3) is 0.0909. The second-order valence-electron chi connectivity index (χ2n) is 3.18. The van der Waals surface area contributed by atoms with Gasteiger partial charge in [0.25, 0.3) is 0 Å². The predicted octanol–water partition coefficient (Wildman–Crippen LogP) is 2.82. The monoisotopic (exact) mass is 277 g/mol. The van der Waals surface area contributed by atoms with Gasteiger partial charge < -0.3 is 0 Å². The van der Waals surface area contributed by atoms with Gasteiger partial charge in [-0.05, 0) is 15.9 Å². The minimum atomic E-state index is 0.344. The Labute approximate surface area is 101 Å². The van der Waals surface area contributed by atoms with Gasteiger partial charge in [0, 0.05) is 12.6 Å². The molecule has 0 spiro atoms. The highest BCUT2D eigenvalue weighted by atomic mass is 79.9. The lowest BCUT2D eigenvalue weighted by molar-refractivity contribution is 0.565. The van der Waals surface area contributed by atoms with E-state index in [2.05, 4.69) is 26.0 Å². The molecule has 0 aliphatic heterocycles. The minimum absolute atomic E-state index is 0.344. The third kappa shape index (κ3) is 1.83.